The Labute approximate surface area is 154 Å². The number of alkyl halides is 3. The Balaban J connectivity index is 1.60. The quantitative estimate of drug-likeness (QED) is 0.532. The molecule has 3 atom stereocenters. The summed E-state index contributed by atoms with van der Waals surface area (Å²) in [5.41, 5.74) is -2.82. The minimum atomic E-state index is -5.70. The summed E-state index contributed by atoms with van der Waals surface area (Å²) in [4.78, 5) is 3.42. The number of hydrogen-bond acceptors (Lipinski definition) is 5. The van der Waals surface area contributed by atoms with Crippen molar-refractivity contribution in [3.8, 4) is 0 Å². The average molecular weight is 405 g/mol. The van der Waals surface area contributed by atoms with E-state index in [-0.39, 0.29) is 12.1 Å². The molecule has 3 unspecified atom stereocenters. The van der Waals surface area contributed by atoms with E-state index in [0.717, 1.165) is 49.8 Å². The standard InChI is InChI=1S/C17H19F3N2O4S/c18-17(19,20)27(23,24)26-16-9-15-13(22-16)8-12-11-7-10(21-12)5-3-1-2-4-6-14(11)25-15/h7-9,12,14,16,22H,1-6H2/p+1. The van der Waals surface area contributed by atoms with E-state index < -0.39 is 21.9 Å². The lowest BCUT2D eigenvalue weighted by Gasteiger charge is -2.19. The number of fused-ring (bicyclic) bond motifs is 2. The SMILES string of the molecule is O=S(=O)(OC1C=C2OC3CCCCCCC4=[NH+]C(C=C2N1)C3=C4)C(F)(F)F. The predicted octanol–water partition coefficient (Wildman–Crippen LogP) is 1.13. The van der Waals surface area contributed by atoms with Crippen LogP contribution < -0.4 is 10.3 Å². The first-order valence-electron chi connectivity index (χ1n) is 8.93. The van der Waals surface area contributed by atoms with E-state index in [1.54, 1.807) is 0 Å². The van der Waals surface area contributed by atoms with Gasteiger partial charge in [0.05, 0.1) is 5.70 Å². The molecule has 3 aliphatic heterocycles. The summed E-state index contributed by atoms with van der Waals surface area (Å²) in [5.74, 6) is 0.318. The van der Waals surface area contributed by atoms with Gasteiger partial charge in [-0.1, -0.05) is 12.8 Å². The highest BCUT2D eigenvalue weighted by molar-refractivity contribution is 7.87. The Bertz CT molecular complexity index is 858. The molecule has 2 N–H and O–H groups in total. The van der Waals surface area contributed by atoms with E-state index in [1.807, 2.05) is 6.08 Å². The molecule has 27 heavy (non-hydrogen) atoms. The van der Waals surface area contributed by atoms with Gasteiger partial charge in [-0.2, -0.15) is 21.6 Å². The van der Waals surface area contributed by atoms with Gasteiger partial charge in [0, 0.05) is 30.2 Å². The Morgan fingerprint density at radius 1 is 1.19 bits per heavy atom. The summed E-state index contributed by atoms with van der Waals surface area (Å²) in [6.45, 7) is 0. The van der Waals surface area contributed by atoms with Crippen molar-refractivity contribution < 1.29 is 35.5 Å². The molecule has 0 radical (unpaired) electrons. The fraction of sp³-hybridized carbons (Fsp3) is 0.588. The second-order valence-corrected chi connectivity index (χ2v) is 8.59. The number of allylic oxidation sites excluding steroid dienone is 1. The van der Waals surface area contributed by atoms with Crippen molar-refractivity contribution in [2.45, 2.75) is 62.4 Å². The number of halogens is 3. The first kappa shape index (κ1) is 18.5. The van der Waals surface area contributed by atoms with Crippen LogP contribution in [-0.4, -0.2) is 38.0 Å². The van der Waals surface area contributed by atoms with Crippen molar-refractivity contribution in [3.05, 3.63) is 35.3 Å². The van der Waals surface area contributed by atoms with E-state index in [9.17, 15) is 21.6 Å². The third-order valence-corrected chi connectivity index (χ3v) is 6.09. The second-order valence-electron chi connectivity index (χ2n) is 7.02. The van der Waals surface area contributed by atoms with Gasteiger partial charge in [-0.15, -0.1) is 0 Å². The van der Waals surface area contributed by atoms with Crippen molar-refractivity contribution in [1.29, 1.82) is 0 Å². The van der Waals surface area contributed by atoms with Crippen molar-refractivity contribution in [2.75, 3.05) is 0 Å². The molecule has 2 bridgehead atoms. The number of ether oxygens (including phenoxy) is 1. The highest BCUT2D eigenvalue weighted by Crippen LogP contribution is 2.33. The largest absolute Gasteiger partial charge is 0.523 e. The molecule has 3 heterocycles. The van der Waals surface area contributed by atoms with Crippen molar-refractivity contribution >= 4 is 15.8 Å². The van der Waals surface area contributed by atoms with Crippen LogP contribution >= 0.6 is 0 Å². The lowest BCUT2D eigenvalue weighted by Crippen LogP contribution is -2.77. The summed E-state index contributed by atoms with van der Waals surface area (Å²) >= 11 is 0. The Hall–Kier alpha value is -1.81. The minimum absolute atomic E-state index is 0.130. The molecular weight excluding hydrogens is 385 g/mol. The van der Waals surface area contributed by atoms with Gasteiger partial charge in [0.1, 0.15) is 11.9 Å². The maximum Gasteiger partial charge on any atom is 0.523 e. The third-order valence-electron chi connectivity index (χ3n) is 5.06. The van der Waals surface area contributed by atoms with Gasteiger partial charge in [0.2, 0.25) is 0 Å². The van der Waals surface area contributed by atoms with E-state index in [1.165, 1.54) is 6.08 Å². The summed E-state index contributed by atoms with van der Waals surface area (Å²) in [6.07, 6.45) is 9.57. The number of rotatable bonds is 2. The van der Waals surface area contributed by atoms with Gasteiger partial charge in [0.25, 0.3) is 0 Å². The van der Waals surface area contributed by atoms with Crippen LogP contribution in [0, 0.1) is 0 Å². The van der Waals surface area contributed by atoms with Crippen LogP contribution in [0.15, 0.2) is 35.3 Å². The summed E-state index contributed by atoms with van der Waals surface area (Å²) in [7, 11) is -5.70. The molecule has 6 nitrogen and oxygen atoms in total. The maximum absolute atomic E-state index is 12.6. The molecule has 0 amide bonds. The van der Waals surface area contributed by atoms with Crippen LogP contribution in [0.3, 0.4) is 0 Å². The van der Waals surface area contributed by atoms with Crippen LogP contribution in [-0.2, 0) is 19.0 Å². The zero-order valence-electron chi connectivity index (χ0n) is 14.4. The highest BCUT2D eigenvalue weighted by Gasteiger charge is 2.49. The molecule has 0 aromatic heterocycles. The van der Waals surface area contributed by atoms with Gasteiger partial charge in [-0.05, 0) is 19.3 Å². The first-order valence-corrected chi connectivity index (χ1v) is 10.3. The molecule has 0 fully saturated rings. The molecule has 0 spiro atoms. The fourth-order valence-corrected chi connectivity index (χ4v) is 4.26. The van der Waals surface area contributed by atoms with Crippen molar-refractivity contribution in [1.82, 2.24) is 5.32 Å². The van der Waals surface area contributed by atoms with Crippen molar-refractivity contribution in [3.63, 3.8) is 0 Å². The zero-order valence-corrected chi connectivity index (χ0v) is 15.2. The first-order chi connectivity index (χ1) is 12.7. The van der Waals surface area contributed by atoms with Crippen molar-refractivity contribution in [2.24, 2.45) is 0 Å². The minimum Gasteiger partial charge on any atom is -0.484 e. The normalized spacial score (nSPS) is 30.7. The lowest BCUT2D eigenvalue weighted by molar-refractivity contribution is -0.474. The van der Waals surface area contributed by atoms with Crippen LogP contribution in [0.1, 0.15) is 38.5 Å². The molecule has 0 saturated carbocycles. The fourth-order valence-electron chi connectivity index (χ4n) is 3.77. The van der Waals surface area contributed by atoms with Gasteiger partial charge in [0.15, 0.2) is 18.0 Å². The number of nitrogens with one attached hydrogen (secondary N) is 2. The van der Waals surface area contributed by atoms with Gasteiger partial charge in [-0.3, -0.25) is 0 Å². The topological polar surface area (TPSA) is 78.6 Å². The highest BCUT2D eigenvalue weighted by atomic mass is 32.2. The van der Waals surface area contributed by atoms with E-state index in [4.69, 9.17) is 4.74 Å². The van der Waals surface area contributed by atoms with Gasteiger partial charge in [-0.25, -0.2) is 9.18 Å². The van der Waals surface area contributed by atoms with Crippen LogP contribution in [0.4, 0.5) is 13.2 Å². The summed E-state index contributed by atoms with van der Waals surface area (Å²) in [6, 6.07) is -0.130. The summed E-state index contributed by atoms with van der Waals surface area (Å²) < 4.78 is 70.5. The van der Waals surface area contributed by atoms with E-state index in [2.05, 4.69) is 20.6 Å². The monoisotopic (exact) mass is 405 g/mol. The predicted molar refractivity (Wildman–Crippen MR) is 89.6 cm³/mol. The molecule has 4 rings (SSSR count). The lowest BCUT2D eigenvalue weighted by atomic mass is 9.95. The van der Waals surface area contributed by atoms with Crippen LogP contribution in [0.2, 0.25) is 0 Å². The maximum atomic E-state index is 12.6. The van der Waals surface area contributed by atoms with Gasteiger partial charge < -0.3 is 10.1 Å². The molecule has 0 aromatic carbocycles. The molecule has 4 aliphatic rings. The molecule has 0 saturated heterocycles. The zero-order chi connectivity index (χ0) is 19.2. The molecule has 0 aromatic rings. The Morgan fingerprint density at radius 3 is 2.74 bits per heavy atom. The molecular formula is C17H20F3N2O4S+. The summed E-state index contributed by atoms with van der Waals surface area (Å²) in [5, 5.41) is 2.66. The van der Waals surface area contributed by atoms with E-state index in [0.29, 0.717) is 11.5 Å². The average Bonchev–Trinajstić information content (AvgIpc) is 3.09. The molecule has 148 valence electrons. The van der Waals surface area contributed by atoms with Crippen LogP contribution in [0.25, 0.3) is 0 Å². The Morgan fingerprint density at radius 2 is 1.96 bits per heavy atom. The number of hydrogen-bond donors (Lipinski definition) is 2. The third kappa shape index (κ3) is 3.64. The van der Waals surface area contributed by atoms with E-state index >= 15 is 0 Å². The molecule has 1 aliphatic carbocycles. The second kappa shape index (κ2) is 6.66. The smallest absolute Gasteiger partial charge is 0.484 e. The Kier molecular flexibility index (Phi) is 4.58. The molecule has 10 heteroatoms. The van der Waals surface area contributed by atoms with Crippen LogP contribution in [0.5, 0.6) is 0 Å². The van der Waals surface area contributed by atoms with Gasteiger partial charge >= 0.3 is 15.6 Å².